The lowest BCUT2D eigenvalue weighted by Gasteiger charge is -2.16. The summed E-state index contributed by atoms with van der Waals surface area (Å²) >= 11 is 1.13. The molecule has 1 atom stereocenters. The molecule has 162 valence electrons. The van der Waals surface area contributed by atoms with Gasteiger partial charge in [0.15, 0.2) is 10.9 Å². The molecule has 0 aliphatic heterocycles. The van der Waals surface area contributed by atoms with Crippen molar-refractivity contribution in [3.05, 3.63) is 71.2 Å². The summed E-state index contributed by atoms with van der Waals surface area (Å²) in [6, 6.07) is 16.3. The maximum absolute atomic E-state index is 13.1. The van der Waals surface area contributed by atoms with E-state index >= 15 is 0 Å². The molecule has 0 bridgehead atoms. The van der Waals surface area contributed by atoms with Crippen molar-refractivity contribution >= 4 is 45.0 Å². The Labute approximate surface area is 188 Å². The van der Waals surface area contributed by atoms with Crippen molar-refractivity contribution in [2.24, 2.45) is 0 Å². The van der Waals surface area contributed by atoms with Gasteiger partial charge in [0.25, 0.3) is 0 Å². The van der Waals surface area contributed by atoms with Crippen LogP contribution in [-0.2, 0) is 16.0 Å². The Kier molecular flexibility index (Phi) is 6.13. The Bertz CT molecular complexity index is 1290. The fraction of sp³-hybridized carbons (Fsp3) is 0.167. The summed E-state index contributed by atoms with van der Waals surface area (Å²) in [4.78, 5) is 45.2. The Morgan fingerprint density at radius 1 is 1.03 bits per heavy atom. The summed E-state index contributed by atoms with van der Waals surface area (Å²) in [6.45, 7) is 2.85. The van der Waals surface area contributed by atoms with Gasteiger partial charge in [-0.2, -0.15) is 0 Å². The number of aromatic amines is 1. The molecule has 4 aromatic rings. The highest BCUT2D eigenvalue weighted by Gasteiger charge is 2.24. The first-order valence-corrected chi connectivity index (χ1v) is 10.9. The predicted molar refractivity (Wildman–Crippen MR) is 126 cm³/mol. The van der Waals surface area contributed by atoms with E-state index in [2.05, 4.69) is 20.6 Å². The number of carbonyl (C=O) groups excluding carboxylic acids is 3. The maximum Gasteiger partial charge on any atom is 0.249 e. The smallest absolute Gasteiger partial charge is 0.249 e. The molecular formula is C24H22N4O3S. The van der Waals surface area contributed by atoms with E-state index in [0.717, 1.165) is 33.4 Å². The van der Waals surface area contributed by atoms with Crippen molar-refractivity contribution in [1.82, 2.24) is 15.3 Å². The first kappa shape index (κ1) is 21.5. The van der Waals surface area contributed by atoms with Crippen LogP contribution in [0.4, 0.5) is 5.13 Å². The number of amides is 2. The molecule has 0 saturated carbocycles. The number of fused-ring (bicyclic) bond motifs is 1. The number of hydrogen-bond acceptors (Lipinski definition) is 5. The number of anilines is 1. The van der Waals surface area contributed by atoms with Crippen LogP contribution in [0.25, 0.3) is 22.2 Å². The van der Waals surface area contributed by atoms with E-state index in [1.165, 1.54) is 13.8 Å². The van der Waals surface area contributed by atoms with E-state index in [1.807, 2.05) is 60.8 Å². The minimum Gasteiger partial charge on any atom is -0.361 e. The van der Waals surface area contributed by atoms with Crippen molar-refractivity contribution in [2.45, 2.75) is 26.3 Å². The average Bonchev–Trinajstić information content (AvgIpc) is 3.38. The predicted octanol–water partition coefficient (Wildman–Crippen LogP) is 4.18. The minimum atomic E-state index is -0.795. The average molecular weight is 447 g/mol. The lowest BCUT2D eigenvalue weighted by molar-refractivity contribution is -0.125. The highest BCUT2D eigenvalue weighted by atomic mass is 32.1. The summed E-state index contributed by atoms with van der Waals surface area (Å²) in [7, 11) is 0. The Hall–Kier alpha value is -3.78. The molecule has 0 aliphatic rings. The van der Waals surface area contributed by atoms with Gasteiger partial charge in [0.05, 0.1) is 10.6 Å². The second kappa shape index (κ2) is 9.15. The molecule has 8 heteroatoms. The number of Topliss-reactive ketones (excluding diaryl/α,β-unsaturated/α-hetero) is 1. The molecule has 4 rings (SSSR count). The molecule has 32 heavy (non-hydrogen) atoms. The van der Waals surface area contributed by atoms with E-state index in [0.29, 0.717) is 22.1 Å². The fourth-order valence-electron chi connectivity index (χ4n) is 3.57. The largest absolute Gasteiger partial charge is 0.361 e. The van der Waals surface area contributed by atoms with Crippen molar-refractivity contribution in [3.63, 3.8) is 0 Å². The Morgan fingerprint density at radius 3 is 2.47 bits per heavy atom. The molecule has 3 N–H and O–H groups in total. The molecule has 7 nitrogen and oxygen atoms in total. The van der Waals surface area contributed by atoms with Crippen LogP contribution in [0.5, 0.6) is 0 Å². The van der Waals surface area contributed by atoms with E-state index in [9.17, 15) is 14.4 Å². The molecule has 2 aromatic carbocycles. The number of nitrogens with one attached hydrogen (secondary N) is 3. The summed E-state index contributed by atoms with van der Waals surface area (Å²) in [5.74, 6) is -0.827. The molecule has 0 spiro atoms. The minimum absolute atomic E-state index is 0.126. The molecule has 2 aromatic heterocycles. The van der Waals surface area contributed by atoms with Gasteiger partial charge in [-0.1, -0.05) is 59.9 Å². The number of H-pyrrole nitrogens is 1. The van der Waals surface area contributed by atoms with Gasteiger partial charge in [-0.25, -0.2) is 4.98 Å². The molecule has 2 heterocycles. The van der Waals surface area contributed by atoms with Gasteiger partial charge >= 0.3 is 0 Å². The number of carbonyl (C=O) groups is 3. The van der Waals surface area contributed by atoms with E-state index < -0.39 is 11.9 Å². The Morgan fingerprint density at radius 2 is 1.75 bits per heavy atom. The number of aromatic nitrogens is 2. The molecule has 2 amide bonds. The highest BCUT2D eigenvalue weighted by Crippen LogP contribution is 2.31. The van der Waals surface area contributed by atoms with Gasteiger partial charge in [-0.15, -0.1) is 0 Å². The number of thiazole rings is 1. The zero-order valence-corrected chi connectivity index (χ0v) is 18.5. The van der Waals surface area contributed by atoms with Crippen LogP contribution in [0, 0.1) is 0 Å². The monoisotopic (exact) mass is 446 g/mol. The number of hydrogen-bond donors (Lipinski definition) is 3. The van der Waals surface area contributed by atoms with Gasteiger partial charge in [0.1, 0.15) is 6.04 Å². The van der Waals surface area contributed by atoms with Crippen molar-refractivity contribution in [3.8, 4) is 11.3 Å². The zero-order valence-electron chi connectivity index (χ0n) is 17.6. The van der Waals surface area contributed by atoms with Crippen LogP contribution >= 0.6 is 11.3 Å². The molecule has 0 fully saturated rings. The van der Waals surface area contributed by atoms with E-state index in [1.54, 1.807) is 0 Å². The highest BCUT2D eigenvalue weighted by molar-refractivity contribution is 7.18. The van der Waals surface area contributed by atoms with Crippen LogP contribution in [0.1, 0.15) is 29.1 Å². The van der Waals surface area contributed by atoms with Gasteiger partial charge < -0.3 is 15.6 Å². The molecule has 0 saturated heterocycles. The normalized spacial score (nSPS) is 11.8. The topological polar surface area (TPSA) is 104 Å². The third-order valence-electron chi connectivity index (χ3n) is 5.02. The van der Waals surface area contributed by atoms with Crippen LogP contribution < -0.4 is 10.6 Å². The van der Waals surface area contributed by atoms with Crippen molar-refractivity contribution in [2.75, 3.05) is 5.32 Å². The SMILES string of the molecule is CC(=O)NC(Cc1c[nH]c2ccccc12)C(=O)Nc1nc(-c2ccccc2)c(C(C)=O)s1. The molecule has 1 unspecified atom stereocenters. The standard InChI is InChI=1S/C24H22N4O3S/c1-14(29)22-21(16-8-4-3-5-9-16)27-24(32-22)28-23(31)20(26-15(2)30)12-17-13-25-19-11-7-6-10-18(17)19/h3-11,13,20,25H,12H2,1-2H3,(H,26,30)(H,27,28,31). The van der Waals surface area contributed by atoms with E-state index in [4.69, 9.17) is 0 Å². The summed E-state index contributed by atoms with van der Waals surface area (Å²) in [5.41, 5.74) is 3.21. The summed E-state index contributed by atoms with van der Waals surface area (Å²) in [6.07, 6.45) is 2.16. The maximum atomic E-state index is 13.1. The summed E-state index contributed by atoms with van der Waals surface area (Å²) in [5, 5.41) is 6.82. The van der Waals surface area contributed by atoms with Gasteiger partial charge in [-0.05, 0) is 11.6 Å². The second-order valence-electron chi connectivity index (χ2n) is 7.42. The second-order valence-corrected chi connectivity index (χ2v) is 8.42. The van der Waals surface area contributed by atoms with Gasteiger partial charge in [-0.3, -0.25) is 14.4 Å². The number of rotatable bonds is 7. The lowest BCUT2D eigenvalue weighted by atomic mass is 10.0. The molecule has 0 aliphatic carbocycles. The fourth-order valence-corrected chi connectivity index (χ4v) is 4.46. The summed E-state index contributed by atoms with van der Waals surface area (Å²) < 4.78 is 0. The number of para-hydroxylation sites is 1. The van der Waals surface area contributed by atoms with Crippen molar-refractivity contribution in [1.29, 1.82) is 0 Å². The van der Waals surface area contributed by atoms with Crippen LogP contribution in [0.3, 0.4) is 0 Å². The van der Waals surface area contributed by atoms with Crippen LogP contribution in [-0.4, -0.2) is 33.6 Å². The third-order valence-corrected chi connectivity index (χ3v) is 6.09. The number of nitrogens with zero attached hydrogens (tertiary/aromatic N) is 1. The van der Waals surface area contributed by atoms with Crippen molar-refractivity contribution < 1.29 is 14.4 Å². The van der Waals surface area contributed by atoms with Crippen LogP contribution in [0.15, 0.2) is 60.8 Å². The number of benzene rings is 2. The zero-order chi connectivity index (χ0) is 22.7. The number of ketones is 1. The van der Waals surface area contributed by atoms with Crippen LogP contribution in [0.2, 0.25) is 0 Å². The quantitative estimate of drug-likeness (QED) is 0.371. The van der Waals surface area contributed by atoms with Gasteiger partial charge in [0.2, 0.25) is 11.8 Å². The van der Waals surface area contributed by atoms with E-state index in [-0.39, 0.29) is 11.7 Å². The first-order valence-electron chi connectivity index (χ1n) is 10.1. The molecule has 0 radical (unpaired) electrons. The third kappa shape index (κ3) is 4.60. The molecular weight excluding hydrogens is 424 g/mol. The Balaban J connectivity index is 1.60. The lowest BCUT2D eigenvalue weighted by Crippen LogP contribution is -2.44. The van der Waals surface area contributed by atoms with Gasteiger partial charge in [0, 0.05) is 42.9 Å². The first-order chi connectivity index (χ1) is 15.4.